The van der Waals surface area contributed by atoms with Gasteiger partial charge in [0.05, 0.1) is 19.2 Å². The van der Waals surface area contributed by atoms with E-state index in [2.05, 4.69) is 5.32 Å². The molecule has 1 spiro atoms. The van der Waals surface area contributed by atoms with Crippen LogP contribution in [0.3, 0.4) is 0 Å². The number of hydrogen-bond donors (Lipinski definition) is 2. The summed E-state index contributed by atoms with van der Waals surface area (Å²) in [7, 11) is 1.53. The van der Waals surface area contributed by atoms with Crippen molar-refractivity contribution in [2.45, 2.75) is 140 Å². The van der Waals surface area contributed by atoms with Crippen molar-refractivity contribution in [1.29, 1.82) is 0 Å². The molecule has 0 aromatic heterocycles. The van der Waals surface area contributed by atoms with E-state index in [1.165, 1.54) is 23.1 Å². The number of aliphatic hydroxyl groups is 1. The number of carbonyl (C=O) groups is 6. The van der Waals surface area contributed by atoms with Gasteiger partial charge in [-0.2, -0.15) is 5.06 Å². The summed E-state index contributed by atoms with van der Waals surface area (Å²) in [5, 5.41) is 14.8. The molecule has 0 radical (unpaired) electrons. The van der Waals surface area contributed by atoms with Gasteiger partial charge < -0.3 is 43.7 Å². The first kappa shape index (κ1) is 49.0. The Balaban J connectivity index is 1.00. The number of benzene rings is 3. The van der Waals surface area contributed by atoms with E-state index in [4.69, 9.17) is 33.3 Å². The molecule has 17 nitrogen and oxygen atoms in total. The maximum Gasteiger partial charge on any atom is 0.348 e. The van der Waals surface area contributed by atoms with E-state index in [1.807, 2.05) is 54.6 Å². The van der Waals surface area contributed by atoms with Gasteiger partial charge in [0, 0.05) is 50.6 Å². The molecular weight excluding hydrogens is 903 g/mol. The van der Waals surface area contributed by atoms with E-state index in [1.54, 1.807) is 65.0 Å². The molecule has 2 bridgehead atoms. The van der Waals surface area contributed by atoms with Gasteiger partial charge in [-0.25, -0.2) is 9.59 Å². The van der Waals surface area contributed by atoms with E-state index in [0.717, 1.165) is 16.7 Å². The lowest BCUT2D eigenvalue weighted by Crippen LogP contribution is -2.70. The van der Waals surface area contributed by atoms with E-state index in [9.17, 15) is 29.1 Å². The van der Waals surface area contributed by atoms with Crippen molar-refractivity contribution in [1.82, 2.24) is 15.3 Å². The van der Waals surface area contributed by atoms with Crippen LogP contribution in [0.1, 0.15) is 81.7 Å². The third kappa shape index (κ3) is 9.61. The summed E-state index contributed by atoms with van der Waals surface area (Å²) in [5.74, 6) is -4.63. The van der Waals surface area contributed by atoms with Gasteiger partial charge in [-0.05, 0) is 61.1 Å². The van der Waals surface area contributed by atoms with Gasteiger partial charge in [-0.3, -0.25) is 24.0 Å². The number of amides is 2. The second-order valence-corrected chi connectivity index (χ2v) is 21.0. The molecule has 4 saturated heterocycles. The third-order valence-electron chi connectivity index (χ3n) is 14.2. The van der Waals surface area contributed by atoms with Crippen molar-refractivity contribution in [3.05, 3.63) is 113 Å². The second kappa shape index (κ2) is 19.0. The maximum absolute atomic E-state index is 15.8. The number of likely N-dealkylation sites (N-methyl/N-ethyl adjacent to an activating group) is 1. The fourth-order valence-electron chi connectivity index (χ4n) is 10.8. The summed E-state index contributed by atoms with van der Waals surface area (Å²) in [4.78, 5) is 90.8. The quantitative estimate of drug-likeness (QED) is 0.126. The molecule has 9 rings (SSSR count). The highest BCUT2D eigenvalue weighted by atomic mass is 16.8. The first-order valence-corrected chi connectivity index (χ1v) is 23.9. The minimum Gasteiger partial charge on any atom is -0.462 e. The molecule has 2 amide bonds. The van der Waals surface area contributed by atoms with Crippen LogP contribution in [0.2, 0.25) is 0 Å². The molecule has 4 aliphatic heterocycles. The van der Waals surface area contributed by atoms with Crippen LogP contribution >= 0.6 is 0 Å². The Morgan fingerprint density at radius 2 is 1.59 bits per heavy atom. The van der Waals surface area contributed by atoms with Crippen molar-refractivity contribution in [2.75, 3.05) is 20.3 Å². The van der Waals surface area contributed by atoms with E-state index < -0.39 is 113 Å². The molecule has 2 N–H and O–H groups in total. The molecule has 3 aromatic carbocycles. The lowest BCUT2D eigenvalue weighted by molar-refractivity contribution is -0.218. The highest BCUT2D eigenvalue weighted by Gasteiger charge is 2.77. The number of cyclic esters (lactones) is 1. The van der Waals surface area contributed by atoms with E-state index in [-0.39, 0.29) is 38.8 Å². The van der Waals surface area contributed by atoms with Gasteiger partial charge in [0.1, 0.15) is 48.1 Å². The lowest BCUT2D eigenvalue weighted by atomic mass is 9.62. The molecule has 70 heavy (non-hydrogen) atoms. The molecule has 2 aliphatic carbocycles. The van der Waals surface area contributed by atoms with E-state index >= 15 is 4.79 Å². The highest BCUT2D eigenvalue weighted by Crippen LogP contribution is 2.59. The fraction of sp³-hybridized carbons (Fsp3) is 0.509. The number of rotatable bonds is 15. The molecule has 6 aliphatic rings. The number of aliphatic hydroxyl groups excluding tert-OH is 1. The monoisotopic (exact) mass is 963 g/mol. The first-order valence-electron chi connectivity index (χ1n) is 23.9. The van der Waals surface area contributed by atoms with Crippen molar-refractivity contribution < 1.29 is 67.1 Å². The molecule has 3 aromatic rings. The Morgan fingerprint density at radius 3 is 2.23 bits per heavy atom. The zero-order chi connectivity index (χ0) is 49.8. The molecule has 4 heterocycles. The van der Waals surface area contributed by atoms with Crippen molar-refractivity contribution in [3.63, 3.8) is 0 Å². The van der Waals surface area contributed by atoms with Crippen molar-refractivity contribution >= 4 is 41.8 Å². The average molecular weight is 964 g/mol. The van der Waals surface area contributed by atoms with Gasteiger partial charge in [-0.1, -0.05) is 92.7 Å². The smallest absolute Gasteiger partial charge is 0.348 e. The third-order valence-corrected chi connectivity index (χ3v) is 14.2. The van der Waals surface area contributed by atoms with Gasteiger partial charge >= 0.3 is 23.9 Å². The molecule has 17 heteroatoms. The van der Waals surface area contributed by atoms with Crippen LogP contribution in [0.25, 0.3) is 6.08 Å². The van der Waals surface area contributed by atoms with Crippen LogP contribution < -0.4 is 5.32 Å². The normalized spacial score (nSPS) is 27.8. The Morgan fingerprint density at radius 1 is 0.914 bits per heavy atom. The summed E-state index contributed by atoms with van der Waals surface area (Å²) < 4.78 is 36.0. The second-order valence-electron chi connectivity index (χ2n) is 21.0. The molecule has 0 unspecified atom stereocenters. The zero-order valence-electron chi connectivity index (χ0n) is 40.3. The predicted molar refractivity (Wildman–Crippen MR) is 248 cm³/mol. The largest absolute Gasteiger partial charge is 0.462 e. The summed E-state index contributed by atoms with van der Waals surface area (Å²) in [5.41, 5.74) is 1.25. The van der Waals surface area contributed by atoms with Crippen LogP contribution in [0.15, 0.2) is 84.9 Å². The number of carbonyl (C=O) groups excluding carboxylic acids is 6. The number of ether oxygens (including phenoxy) is 6. The topological polar surface area (TPSA) is 206 Å². The Bertz CT molecular complexity index is 2520. The number of nitrogens with zero attached hydrogens (tertiary/aromatic N) is 2. The zero-order valence-corrected chi connectivity index (χ0v) is 40.3. The summed E-state index contributed by atoms with van der Waals surface area (Å²) >= 11 is 0. The van der Waals surface area contributed by atoms with Gasteiger partial charge in [0.2, 0.25) is 17.9 Å². The first-order chi connectivity index (χ1) is 33.3. The predicted octanol–water partition coefficient (Wildman–Crippen LogP) is 3.94. The van der Waals surface area contributed by atoms with Gasteiger partial charge in [0.15, 0.2) is 11.8 Å². The van der Waals surface area contributed by atoms with Gasteiger partial charge in [0.25, 0.3) is 0 Å². The highest BCUT2D eigenvalue weighted by molar-refractivity contribution is 5.96. The maximum atomic E-state index is 15.8. The number of hydroxylamine groups is 2. The Labute approximate surface area is 406 Å². The molecule has 9 atom stereocenters. The van der Waals surface area contributed by atoms with Crippen molar-refractivity contribution in [2.24, 2.45) is 10.8 Å². The average Bonchev–Trinajstić information content (AvgIpc) is 4.06. The van der Waals surface area contributed by atoms with Crippen LogP contribution in [-0.4, -0.2) is 131 Å². The minimum atomic E-state index is -1.62. The van der Waals surface area contributed by atoms with Crippen LogP contribution in [0, 0.1) is 10.8 Å². The summed E-state index contributed by atoms with van der Waals surface area (Å²) in [6, 6.07) is 21.1. The molecule has 372 valence electrons. The van der Waals surface area contributed by atoms with Crippen LogP contribution in [0.4, 0.5) is 0 Å². The SMILES string of the molecule is CN(C(=O)[C@@]12C[C@H]3OC(=O)[C@@H]1N(Cc1ccc(C=CC(=O)O[C@H]4C(=O)OCC4(C)C)cc1)O[C@@H]2[C@H]1OC2(Cc4ccccc4C2)O[C@H]13)[C@H](Cc1ccccc1)C(=O)N[C@H](CO)CCC(=O)OC(C)(C)C. The molecule has 5 fully saturated rings. The number of nitrogens with one attached hydrogen (secondary N) is 1. The van der Waals surface area contributed by atoms with E-state index in [0.29, 0.717) is 24.0 Å². The van der Waals surface area contributed by atoms with Crippen LogP contribution in [-0.2, 0) is 87.8 Å². The lowest BCUT2D eigenvalue weighted by Gasteiger charge is -2.50. The van der Waals surface area contributed by atoms with Crippen molar-refractivity contribution in [3.8, 4) is 0 Å². The Hall–Kier alpha value is -5.98. The molecule has 1 saturated carbocycles. The number of fused-ring (bicyclic) bond motifs is 5. The Kier molecular flexibility index (Phi) is 13.3. The fourth-order valence-corrected chi connectivity index (χ4v) is 10.8. The standard InChI is InChI=1S/C53H61N3O14/c1-50(2,3)67-40(59)23-21-36(29-57)54-46(60)37(24-32-12-8-7-9-13-32)55(6)49(63)53-27-38-41-42(69-52(68-41)25-34-14-10-11-15-35(34)26-52)44(53)70-56(43(53)47(61)65-38)28-33-18-16-31(17-19-33)20-22-39(58)66-45-48(62)64-30-51(45,4)5/h7-20,22,36-38,41-45,57H,21,23-30H2,1-6H3,(H,54,60)/t36-,37+,38+,41-,42-,43-,44+,45-,53-/m0/s1. The minimum absolute atomic E-state index is 0.0196. The van der Waals surface area contributed by atoms with Crippen LogP contribution in [0.5, 0.6) is 0 Å². The summed E-state index contributed by atoms with van der Waals surface area (Å²) in [6.07, 6.45) is -0.769. The number of hydrogen-bond acceptors (Lipinski definition) is 15. The number of esters is 4. The van der Waals surface area contributed by atoms with Gasteiger partial charge in [-0.15, -0.1) is 0 Å². The molecular formula is C53H61N3O14. The summed E-state index contributed by atoms with van der Waals surface area (Å²) in [6.45, 7) is 8.55.